The quantitative estimate of drug-likeness (QED) is 0.678. The summed E-state index contributed by atoms with van der Waals surface area (Å²) in [5.41, 5.74) is -1.47. The van der Waals surface area contributed by atoms with Crippen LogP contribution in [-0.2, 0) is 9.59 Å². The highest BCUT2D eigenvalue weighted by Crippen LogP contribution is 2.71. The summed E-state index contributed by atoms with van der Waals surface area (Å²) in [5, 5.41) is 20.3. The number of rotatable bonds is 2. The smallest absolute Gasteiger partial charge is 0.190 e. The van der Waals surface area contributed by atoms with E-state index in [0.29, 0.717) is 32.1 Å². The molecule has 0 radical (unpaired) electrons. The number of aliphatic hydroxyl groups excluding tert-OH is 1. The van der Waals surface area contributed by atoms with Crippen LogP contribution in [0.15, 0.2) is 11.6 Å². The van der Waals surface area contributed by atoms with Gasteiger partial charge in [0.15, 0.2) is 11.6 Å². The fraction of sp³-hybridized carbons (Fsp3) is 0.810. The van der Waals surface area contributed by atoms with Crippen molar-refractivity contribution in [2.45, 2.75) is 74.6 Å². The summed E-state index contributed by atoms with van der Waals surface area (Å²) < 4.78 is 0. The van der Waals surface area contributed by atoms with Crippen molar-refractivity contribution in [1.29, 1.82) is 0 Å². The molecule has 0 aromatic rings. The Labute approximate surface area is 170 Å². The van der Waals surface area contributed by atoms with Crippen molar-refractivity contribution >= 4 is 34.8 Å². The number of aliphatic hydroxyl groups is 2. The van der Waals surface area contributed by atoms with Crippen LogP contribution >= 0.6 is 23.2 Å². The van der Waals surface area contributed by atoms with Gasteiger partial charge in [-0.1, -0.05) is 19.4 Å². The first-order chi connectivity index (χ1) is 12.5. The molecule has 4 rings (SSSR count). The first kappa shape index (κ1) is 19.9. The number of carbonyl (C=O) groups is 2. The lowest BCUT2D eigenvalue weighted by Crippen LogP contribution is -2.67. The fourth-order valence-electron chi connectivity index (χ4n) is 7.10. The Morgan fingerprint density at radius 1 is 1.22 bits per heavy atom. The molecule has 1 unspecified atom stereocenters. The molecule has 4 aliphatic rings. The molecule has 0 aromatic carbocycles. The lowest BCUT2D eigenvalue weighted by atomic mass is 9.45. The second kappa shape index (κ2) is 6.04. The Balaban J connectivity index is 1.80. The standard InChI is InChI=1S/C21H28Cl2O4/c1-18-7-5-13(25)9-12(18)3-4-15-14-6-8-20(27,17(26)11-24)19(14,2)10-16(22)21(15,18)23/h9,14-16,24,27H,3-8,10-11H2,1-2H3/t14-,15-,16?,18-,19-,20-,21-/m0/s1. The SMILES string of the molecule is C[C@]12CCC(=O)C=C1CC[C@H]1[C@@H]3CC[C@](O)(C(=O)CO)[C@@]3(C)CC(Cl)[C@@]12Cl. The predicted molar refractivity (Wildman–Crippen MR) is 104 cm³/mol. The van der Waals surface area contributed by atoms with Gasteiger partial charge in [-0.3, -0.25) is 9.59 Å². The van der Waals surface area contributed by atoms with E-state index in [4.69, 9.17) is 23.2 Å². The van der Waals surface area contributed by atoms with Crippen LogP contribution in [0.3, 0.4) is 0 Å². The molecule has 0 spiro atoms. The van der Waals surface area contributed by atoms with Crippen LogP contribution in [0.25, 0.3) is 0 Å². The van der Waals surface area contributed by atoms with Gasteiger partial charge in [-0.25, -0.2) is 0 Å². The van der Waals surface area contributed by atoms with Crippen molar-refractivity contribution in [2.24, 2.45) is 22.7 Å². The molecule has 0 aliphatic heterocycles. The molecular formula is C21H28Cl2O4. The van der Waals surface area contributed by atoms with E-state index >= 15 is 0 Å². The van der Waals surface area contributed by atoms with E-state index in [-0.39, 0.29) is 23.0 Å². The van der Waals surface area contributed by atoms with Gasteiger partial charge in [-0.15, -0.1) is 23.2 Å². The first-order valence-electron chi connectivity index (χ1n) is 9.98. The number of hydrogen-bond acceptors (Lipinski definition) is 4. The van der Waals surface area contributed by atoms with E-state index in [1.54, 1.807) is 6.08 Å². The predicted octanol–water partition coefficient (Wildman–Crippen LogP) is 3.39. The van der Waals surface area contributed by atoms with Gasteiger partial charge >= 0.3 is 0 Å². The van der Waals surface area contributed by atoms with Crippen LogP contribution in [0.2, 0.25) is 0 Å². The van der Waals surface area contributed by atoms with Crippen LogP contribution in [-0.4, -0.2) is 44.2 Å². The second-order valence-electron chi connectivity index (χ2n) is 9.56. The molecule has 27 heavy (non-hydrogen) atoms. The minimum atomic E-state index is -1.54. The van der Waals surface area contributed by atoms with Crippen LogP contribution in [0.1, 0.15) is 58.8 Å². The third kappa shape index (κ3) is 2.25. The molecule has 150 valence electrons. The zero-order valence-electron chi connectivity index (χ0n) is 15.9. The summed E-state index contributed by atoms with van der Waals surface area (Å²) in [4.78, 5) is 23.7. The molecule has 0 bridgehead atoms. The third-order valence-electron chi connectivity index (χ3n) is 8.76. The van der Waals surface area contributed by atoms with E-state index in [0.717, 1.165) is 18.4 Å². The highest BCUT2D eigenvalue weighted by atomic mass is 35.5. The molecule has 0 amide bonds. The molecule has 6 heteroatoms. The van der Waals surface area contributed by atoms with Gasteiger partial charge in [-0.05, 0) is 56.4 Å². The van der Waals surface area contributed by atoms with Gasteiger partial charge in [0.05, 0.1) is 10.3 Å². The van der Waals surface area contributed by atoms with E-state index in [9.17, 15) is 19.8 Å². The molecular weight excluding hydrogens is 387 g/mol. The third-order valence-corrected chi connectivity index (χ3v) is 10.3. The fourth-order valence-corrected chi connectivity index (χ4v) is 8.38. The zero-order chi connectivity index (χ0) is 19.8. The summed E-state index contributed by atoms with van der Waals surface area (Å²) in [7, 11) is 0. The van der Waals surface area contributed by atoms with Gasteiger partial charge in [0.25, 0.3) is 0 Å². The van der Waals surface area contributed by atoms with E-state index in [1.165, 1.54) is 0 Å². The average molecular weight is 415 g/mol. The topological polar surface area (TPSA) is 74.6 Å². The first-order valence-corrected chi connectivity index (χ1v) is 10.8. The van der Waals surface area contributed by atoms with E-state index < -0.39 is 33.7 Å². The highest BCUT2D eigenvalue weighted by Gasteiger charge is 2.72. The van der Waals surface area contributed by atoms with Crippen molar-refractivity contribution in [1.82, 2.24) is 0 Å². The lowest BCUT2D eigenvalue weighted by Gasteiger charge is -2.64. The minimum absolute atomic E-state index is 0.0660. The number of fused-ring (bicyclic) bond motifs is 5. The van der Waals surface area contributed by atoms with E-state index in [2.05, 4.69) is 6.92 Å². The summed E-state index contributed by atoms with van der Waals surface area (Å²) >= 11 is 14.4. The molecule has 0 saturated heterocycles. The van der Waals surface area contributed by atoms with Gasteiger partial charge in [-0.2, -0.15) is 0 Å². The van der Waals surface area contributed by atoms with Crippen molar-refractivity contribution in [3.05, 3.63) is 11.6 Å². The van der Waals surface area contributed by atoms with E-state index in [1.807, 2.05) is 6.92 Å². The Kier molecular flexibility index (Phi) is 4.45. The van der Waals surface area contributed by atoms with Gasteiger partial charge in [0, 0.05) is 17.3 Å². The van der Waals surface area contributed by atoms with Crippen molar-refractivity contribution < 1.29 is 19.8 Å². The second-order valence-corrected chi connectivity index (χ2v) is 10.7. The number of allylic oxidation sites excluding steroid dienone is 1. The Morgan fingerprint density at radius 3 is 2.59 bits per heavy atom. The zero-order valence-corrected chi connectivity index (χ0v) is 17.4. The molecule has 4 nitrogen and oxygen atoms in total. The summed E-state index contributed by atoms with van der Waals surface area (Å²) in [6.07, 6.45) is 6.06. The number of carbonyl (C=O) groups excluding carboxylic acids is 2. The largest absolute Gasteiger partial charge is 0.388 e. The number of alkyl halides is 2. The number of hydrogen-bond donors (Lipinski definition) is 2. The maximum atomic E-state index is 12.4. The molecule has 0 heterocycles. The maximum Gasteiger partial charge on any atom is 0.190 e. The van der Waals surface area contributed by atoms with Crippen LogP contribution in [0.4, 0.5) is 0 Å². The van der Waals surface area contributed by atoms with Crippen molar-refractivity contribution in [3.63, 3.8) is 0 Å². The Hall–Kier alpha value is -0.420. The number of Topliss-reactive ketones (excluding diaryl/α,β-unsaturated/α-hetero) is 1. The molecule has 4 aliphatic carbocycles. The molecule has 3 fully saturated rings. The maximum absolute atomic E-state index is 12.4. The molecule has 2 N–H and O–H groups in total. The van der Waals surface area contributed by atoms with Crippen LogP contribution in [0.5, 0.6) is 0 Å². The summed E-state index contributed by atoms with van der Waals surface area (Å²) in [5.74, 6) is -0.209. The van der Waals surface area contributed by atoms with Crippen LogP contribution < -0.4 is 0 Å². The van der Waals surface area contributed by atoms with Gasteiger partial charge in [0.2, 0.25) is 0 Å². The normalized spacial score (nSPS) is 51.9. The van der Waals surface area contributed by atoms with Crippen LogP contribution in [0, 0.1) is 22.7 Å². The van der Waals surface area contributed by atoms with Crippen molar-refractivity contribution in [3.8, 4) is 0 Å². The highest BCUT2D eigenvalue weighted by molar-refractivity contribution is 6.33. The molecule has 7 atom stereocenters. The Morgan fingerprint density at radius 2 is 1.93 bits per heavy atom. The number of halogens is 2. The summed E-state index contributed by atoms with van der Waals surface area (Å²) in [6, 6.07) is 0. The van der Waals surface area contributed by atoms with Crippen molar-refractivity contribution in [2.75, 3.05) is 6.61 Å². The average Bonchev–Trinajstić information content (AvgIpc) is 2.88. The molecule has 3 saturated carbocycles. The minimum Gasteiger partial charge on any atom is -0.388 e. The van der Waals surface area contributed by atoms with Gasteiger partial charge in [0.1, 0.15) is 12.2 Å². The summed E-state index contributed by atoms with van der Waals surface area (Å²) in [6.45, 7) is 3.43. The lowest BCUT2D eigenvalue weighted by molar-refractivity contribution is -0.162. The molecule has 0 aromatic heterocycles. The number of ketones is 2. The monoisotopic (exact) mass is 414 g/mol. The Bertz CT molecular complexity index is 736. The van der Waals surface area contributed by atoms with Gasteiger partial charge < -0.3 is 10.2 Å².